The number of nitrogens with zero attached hydrogens (tertiary/aromatic N) is 5. The maximum atomic E-state index is 13.9. The second-order valence-corrected chi connectivity index (χ2v) is 6.30. The number of carbonyl (C=O) groups is 2. The average Bonchev–Trinajstić information content (AvgIpc) is 3.33. The summed E-state index contributed by atoms with van der Waals surface area (Å²) in [6.07, 6.45) is 3.12. The summed E-state index contributed by atoms with van der Waals surface area (Å²) < 4.78 is 16.8. The maximum Gasteiger partial charge on any atom is 0.407 e. The van der Waals surface area contributed by atoms with Crippen molar-refractivity contribution >= 4 is 12.0 Å². The lowest BCUT2D eigenvalue weighted by Crippen LogP contribution is -2.38. The molecule has 28 heavy (non-hydrogen) atoms. The van der Waals surface area contributed by atoms with E-state index >= 15 is 0 Å². The summed E-state index contributed by atoms with van der Waals surface area (Å²) in [7, 11) is 0. The van der Waals surface area contributed by atoms with Gasteiger partial charge in [0.05, 0.1) is 17.8 Å². The van der Waals surface area contributed by atoms with Crippen LogP contribution in [0.2, 0.25) is 0 Å². The summed E-state index contributed by atoms with van der Waals surface area (Å²) in [6, 6.07) is 7.74. The van der Waals surface area contributed by atoms with Crippen molar-refractivity contribution < 1.29 is 19.1 Å². The van der Waals surface area contributed by atoms with E-state index in [0.29, 0.717) is 16.8 Å². The van der Waals surface area contributed by atoms with E-state index in [2.05, 4.69) is 11.1 Å². The fraction of sp³-hybridized carbons (Fsp3) is 0.158. The summed E-state index contributed by atoms with van der Waals surface area (Å²) in [5, 5.41) is 19.1. The van der Waals surface area contributed by atoms with E-state index in [-0.39, 0.29) is 30.9 Å². The van der Waals surface area contributed by atoms with Crippen LogP contribution >= 0.6 is 0 Å². The molecule has 3 aromatic rings. The molecule has 1 aliphatic rings. The lowest BCUT2D eigenvalue weighted by Gasteiger charge is -2.27. The number of carboxylic acid groups (broad SMARTS) is 1. The predicted molar refractivity (Wildman–Crippen MR) is 94.9 cm³/mol. The van der Waals surface area contributed by atoms with Gasteiger partial charge in [-0.25, -0.2) is 14.2 Å². The van der Waals surface area contributed by atoms with Crippen LogP contribution in [0, 0.1) is 17.1 Å². The monoisotopic (exact) mass is 379 g/mol. The number of halogens is 1. The molecular weight excluding hydrogens is 365 g/mol. The van der Waals surface area contributed by atoms with E-state index in [4.69, 9.17) is 0 Å². The van der Waals surface area contributed by atoms with Gasteiger partial charge < -0.3 is 14.6 Å². The largest absolute Gasteiger partial charge is 0.465 e. The van der Waals surface area contributed by atoms with E-state index in [9.17, 15) is 24.3 Å². The average molecular weight is 379 g/mol. The molecular formula is C19H14FN5O3. The van der Waals surface area contributed by atoms with E-state index in [1.807, 2.05) is 0 Å². The number of imidazole rings is 1. The van der Waals surface area contributed by atoms with Gasteiger partial charge >= 0.3 is 6.09 Å². The Morgan fingerprint density at radius 1 is 1.29 bits per heavy atom. The highest BCUT2D eigenvalue weighted by atomic mass is 19.1. The van der Waals surface area contributed by atoms with Crippen LogP contribution in [0.1, 0.15) is 21.7 Å². The molecule has 0 saturated carbocycles. The normalized spacial score (nSPS) is 13.1. The summed E-state index contributed by atoms with van der Waals surface area (Å²) in [4.78, 5) is 29.7. The summed E-state index contributed by atoms with van der Waals surface area (Å²) in [5.41, 5.74) is 1.45. The van der Waals surface area contributed by atoms with Gasteiger partial charge in [-0.05, 0) is 17.7 Å². The molecule has 0 saturated heterocycles. The van der Waals surface area contributed by atoms with Gasteiger partial charge in [0, 0.05) is 31.0 Å². The highest BCUT2D eigenvalue weighted by molar-refractivity contribution is 6.05. The van der Waals surface area contributed by atoms with Crippen LogP contribution in [0.25, 0.3) is 11.1 Å². The zero-order chi connectivity index (χ0) is 19.8. The van der Waals surface area contributed by atoms with E-state index in [1.54, 1.807) is 10.6 Å². The summed E-state index contributed by atoms with van der Waals surface area (Å²) >= 11 is 0. The van der Waals surface area contributed by atoms with Crippen molar-refractivity contribution in [2.24, 2.45) is 0 Å². The first kappa shape index (κ1) is 17.5. The molecule has 0 bridgehead atoms. The van der Waals surface area contributed by atoms with Crippen molar-refractivity contribution in [3.8, 4) is 17.2 Å². The quantitative estimate of drug-likeness (QED) is 0.737. The second kappa shape index (κ2) is 6.66. The second-order valence-electron chi connectivity index (χ2n) is 6.30. The minimum Gasteiger partial charge on any atom is -0.465 e. The van der Waals surface area contributed by atoms with Crippen molar-refractivity contribution in [2.75, 3.05) is 6.54 Å². The molecule has 1 amide bonds. The van der Waals surface area contributed by atoms with Gasteiger partial charge in [0.25, 0.3) is 5.91 Å². The van der Waals surface area contributed by atoms with Gasteiger partial charge in [0.15, 0.2) is 0 Å². The molecule has 0 unspecified atom stereocenters. The highest BCUT2D eigenvalue weighted by Crippen LogP contribution is 2.36. The summed E-state index contributed by atoms with van der Waals surface area (Å²) in [5.74, 6) is -0.965. The minimum absolute atomic E-state index is 0.0465. The molecule has 3 heterocycles. The molecule has 0 atom stereocenters. The molecule has 0 spiro atoms. The van der Waals surface area contributed by atoms with Gasteiger partial charge in [-0.3, -0.25) is 9.36 Å². The lowest BCUT2D eigenvalue weighted by atomic mass is 9.99. The smallest absolute Gasteiger partial charge is 0.407 e. The highest BCUT2D eigenvalue weighted by Gasteiger charge is 2.33. The number of aromatic nitrogens is 3. The molecule has 1 aliphatic heterocycles. The van der Waals surface area contributed by atoms with Crippen LogP contribution in [-0.2, 0) is 13.1 Å². The standard InChI is InChI=1S/C19H14FN5O3/c20-13-3-1-2-12(8-13)16-14(9-21)25-7-6-23(19(27)28)10-15(25)17(16)18(26)24-5-4-22-11-24/h1-5,8,11H,6-7,10H2,(H,27,28). The molecule has 0 radical (unpaired) electrons. The van der Waals surface area contributed by atoms with Crippen LogP contribution in [0.4, 0.5) is 9.18 Å². The number of amides is 1. The van der Waals surface area contributed by atoms with E-state index in [0.717, 1.165) is 0 Å². The van der Waals surface area contributed by atoms with Gasteiger partial charge in [0.1, 0.15) is 23.9 Å². The van der Waals surface area contributed by atoms with E-state index < -0.39 is 17.8 Å². The Morgan fingerprint density at radius 3 is 2.75 bits per heavy atom. The van der Waals surface area contributed by atoms with Gasteiger partial charge in [-0.15, -0.1) is 0 Å². The van der Waals surface area contributed by atoms with Crippen molar-refractivity contribution in [3.05, 3.63) is 65.8 Å². The molecule has 140 valence electrons. The predicted octanol–water partition coefficient (Wildman–Crippen LogP) is 2.54. The molecule has 8 nitrogen and oxygen atoms in total. The van der Waals surface area contributed by atoms with Gasteiger partial charge in [0.2, 0.25) is 0 Å². The first-order chi connectivity index (χ1) is 13.5. The Bertz CT molecular complexity index is 1130. The zero-order valence-corrected chi connectivity index (χ0v) is 14.5. The topological polar surface area (TPSA) is 104 Å². The third-order valence-corrected chi connectivity index (χ3v) is 4.75. The number of hydrogen-bond donors (Lipinski definition) is 1. The molecule has 4 rings (SSSR count). The zero-order valence-electron chi connectivity index (χ0n) is 14.5. The molecule has 2 aromatic heterocycles. The first-order valence-corrected chi connectivity index (χ1v) is 8.43. The first-order valence-electron chi connectivity index (χ1n) is 8.43. The third-order valence-electron chi connectivity index (χ3n) is 4.75. The number of fused-ring (bicyclic) bond motifs is 1. The van der Waals surface area contributed by atoms with Crippen LogP contribution < -0.4 is 0 Å². The van der Waals surface area contributed by atoms with Crippen LogP contribution in [0.15, 0.2) is 43.0 Å². The lowest BCUT2D eigenvalue weighted by molar-refractivity contribution is 0.0953. The number of carbonyl (C=O) groups excluding carboxylic acids is 1. The van der Waals surface area contributed by atoms with Crippen LogP contribution in [0.5, 0.6) is 0 Å². The van der Waals surface area contributed by atoms with Crippen molar-refractivity contribution in [3.63, 3.8) is 0 Å². The molecule has 1 N–H and O–H groups in total. The fourth-order valence-electron chi connectivity index (χ4n) is 3.50. The maximum absolute atomic E-state index is 13.9. The Labute approximate surface area is 158 Å². The SMILES string of the molecule is N#Cc1c(-c2cccc(F)c2)c(C(=O)n2ccnc2)c2n1CCN(C(=O)O)C2. The van der Waals surface area contributed by atoms with Crippen molar-refractivity contribution in [1.82, 2.24) is 19.0 Å². The molecule has 9 heteroatoms. The Kier molecular flexibility index (Phi) is 4.16. The summed E-state index contributed by atoms with van der Waals surface area (Å²) in [6.45, 7) is 0.367. The third kappa shape index (κ3) is 2.72. The van der Waals surface area contributed by atoms with Gasteiger partial charge in [-0.1, -0.05) is 12.1 Å². The van der Waals surface area contributed by atoms with Crippen LogP contribution in [0.3, 0.4) is 0 Å². The van der Waals surface area contributed by atoms with Crippen molar-refractivity contribution in [2.45, 2.75) is 13.1 Å². The Morgan fingerprint density at radius 2 is 2.11 bits per heavy atom. The Hall–Kier alpha value is -3.93. The number of hydrogen-bond acceptors (Lipinski definition) is 4. The number of rotatable bonds is 2. The van der Waals surface area contributed by atoms with Crippen molar-refractivity contribution in [1.29, 1.82) is 5.26 Å². The fourth-order valence-corrected chi connectivity index (χ4v) is 3.50. The van der Waals surface area contributed by atoms with Gasteiger partial charge in [-0.2, -0.15) is 5.26 Å². The molecule has 0 aliphatic carbocycles. The Balaban J connectivity index is 2.01. The molecule has 1 aromatic carbocycles. The minimum atomic E-state index is -1.11. The molecule has 0 fully saturated rings. The number of nitriles is 1. The van der Waals surface area contributed by atoms with Crippen LogP contribution in [-0.4, -0.2) is 42.7 Å². The number of benzene rings is 1. The van der Waals surface area contributed by atoms with E-state index in [1.165, 1.54) is 46.4 Å².